The van der Waals surface area contributed by atoms with E-state index in [0.29, 0.717) is 24.7 Å². The second kappa shape index (κ2) is 7.07. The molecule has 0 spiro atoms. The second-order valence-corrected chi connectivity index (χ2v) is 5.55. The Morgan fingerprint density at radius 3 is 2.80 bits per heavy atom. The van der Waals surface area contributed by atoms with Gasteiger partial charge in [0.1, 0.15) is 12.7 Å². The lowest BCUT2D eigenvalue weighted by molar-refractivity contribution is -0.145. The van der Waals surface area contributed by atoms with Gasteiger partial charge in [-0.15, -0.1) is 0 Å². The highest BCUT2D eigenvalue weighted by atomic mass is 35.5. The lowest BCUT2D eigenvalue weighted by Crippen LogP contribution is -2.44. The third-order valence-corrected chi connectivity index (χ3v) is 3.45. The quantitative estimate of drug-likeness (QED) is 0.857. The minimum absolute atomic E-state index is 0.0148. The summed E-state index contributed by atoms with van der Waals surface area (Å²) in [5.41, 5.74) is 1.04. The molecule has 5 heteroatoms. The summed E-state index contributed by atoms with van der Waals surface area (Å²) in [4.78, 5) is 13.9. The zero-order valence-corrected chi connectivity index (χ0v) is 12.6. The Kier molecular flexibility index (Phi) is 5.40. The van der Waals surface area contributed by atoms with Gasteiger partial charge in [0.15, 0.2) is 0 Å². The fourth-order valence-corrected chi connectivity index (χ4v) is 2.21. The molecular weight excluding hydrogens is 278 g/mol. The Bertz CT molecular complexity index is 447. The molecule has 20 heavy (non-hydrogen) atoms. The molecule has 1 aliphatic rings. The zero-order chi connectivity index (χ0) is 14.5. The van der Waals surface area contributed by atoms with Crippen LogP contribution in [0.4, 0.5) is 0 Å². The third kappa shape index (κ3) is 4.20. The van der Waals surface area contributed by atoms with E-state index in [0.717, 1.165) is 5.56 Å². The summed E-state index contributed by atoms with van der Waals surface area (Å²) in [6, 6.07) is 7.54. The van der Waals surface area contributed by atoms with E-state index in [-0.39, 0.29) is 24.7 Å². The van der Waals surface area contributed by atoms with Crippen LogP contribution >= 0.6 is 11.6 Å². The van der Waals surface area contributed by atoms with Crippen molar-refractivity contribution in [2.45, 2.75) is 26.1 Å². The molecule has 1 saturated heterocycles. The van der Waals surface area contributed by atoms with Gasteiger partial charge in [-0.2, -0.15) is 0 Å². The van der Waals surface area contributed by atoms with Crippen LogP contribution in [0.15, 0.2) is 24.3 Å². The summed E-state index contributed by atoms with van der Waals surface area (Å²) in [6.07, 6.45) is -0.0314. The Morgan fingerprint density at radius 1 is 1.45 bits per heavy atom. The lowest BCUT2D eigenvalue weighted by atomic mass is 10.1. The first-order valence-corrected chi connectivity index (χ1v) is 7.20. The van der Waals surface area contributed by atoms with Crippen LogP contribution in [0.2, 0.25) is 5.02 Å². The van der Waals surface area contributed by atoms with Crippen molar-refractivity contribution < 1.29 is 14.3 Å². The molecule has 0 N–H and O–H groups in total. The van der Waals surface area contributed by atoms with Crippen molar-refractivity contribution in [1.29, 1.82) is 0 Å². The highest BCUT2D eigenvalue weighted by Crippen LogP contribution is 2.23. The van der Waals surface area contributed by atoms with E-state index in [2.05, 4.69) is 0 Å². The van der Waals surface area contributed by atoms with Crippen molar-refractivity contribution in [2.24, 2.45) is 0 Å². The molecule has 0 radical (unpaired) electrons. The van der Waals surface area contributed by atoms with Crippen LogP contribution in [-0.2, 0) is 14.3 Å². The fourth-order valence-electron chi connectivity index (χ4n) is 2.08. The van der Waals surface area contributed by atoms with Gasteiger partial charge < -0.3 is 14.4 Å². The van der Waals surface area contributed by atoms with Crippen LogP contribution in [-0.4, -0.2) is 43.2 Å². The maximum atomic E-state index is 12.1. The third-order valence-electron chi connectivity index (χ3n) is 3.20. The second-order valence-electron chi connectivity index (χ2n) is 5.11. The van der Waals surface area contributed by atoms with E-state index in [1.165, 1.54) is 0 Å². The van der Waals surface area contributed by atoms with Gasteiger partial charge >= 0.3 is 0 Å². The number of rotatable bonds is 4. The van der Waals surface area contributed by atoms with E-state index in [4.69, 9.17) is 21.1 Å². The minimum atomic E-state index is -0.0935. The normalized spacial score (nSPS) is 19.4. The summed E-state index contributed by atoms with van der Waals surface area (Å²) in [5, 5.41) is 0.697. The highest BCUT2D eigenvalue weighted by molar-refractivity contribution is 6.30. The lowest BCUT2D eigenvalue weighted by Gasteiger charge is -2.33. The van der Waals surface area contributed by atoms with Crippen molar-refractivity contribution in [3.8, 4) is 0 Å². The Balaban J connectivity index is 1.94. The first-order valence-electron chi connectivity index (χ1n) is 6.82. The number of carbonyl (C=O) groups excluding carboxylic acids is 1. The first kappa shape index (κ1) is 15.3. The molecule has 1 aromatic rings. The number of hydrogen-bond acceptors (Lipinski definition) is 3. The molecule has 110 valence electrons. The standard InChI is InChI=1S/C15H20ClNO3/c1-11(2)20-10-15(18)17-7-8-19-14(9-17)12-3-5-13(16)6-4-12/h3-6,11,14H,7-10H2,1-2H3/t14-/m0/s1. The number of amides is 1. The molecule has 4 nitrogen and oxygen atoms in total. The van der Waals surface area contributed by atoms with Gasteiger partial charge in [-0.05, 0) is 31.5 Å². The number of morpholine rings is 1. The molecule has 1 atom stereocenters. The van der Waals surface area contributed by atoms with Crippen LogP contribution in [0.1, 0.15) is 25.5 Å². The molecule has 1 amide bonds. The first-order chi connectivity index (χ1) is 9.56. The monoisotopic (exact) mass is 297 g/mol. The highest BCUT2D eigenvalue weighted by Gasteiger charge is 2.25. The average molecular weight is 298 g/mol. The molecule has 0 saturated carbocycles. The maximum Gasteiger partial charge on any atom is 0.248 e. The summed E-state index contributed by atoms with van der Waals surface area (Å²) in [7, 11) is 0. The topological polar surface area (TPSA) is 38.8 Å². The van der Waals surface area contributed by atoms with Crippen molar-refractivity contribution in [2.75, 3.05) is 26.3 Å². The molecule has 1 heterocycles. The van der Waals surface area contributed by atoms with Gasteiger partial charge in [-0.25, -0.2) is 0 Å². The predicted molar refractivity (Wildman–Crippen MR) is 77.8 cm³/mol. The van der Waals surface area contributed by atoms with E-state index in [1.54, 1.807) is 4.90 Å². The molecule has 2 rings (SSSR count). The Morgan fingerprint density at radius 2 is 2.15 bits per heavy atom. The van der Waals surface area contributed by atoms with Gasteiger partial charge in [0.25, 0.3) is 0 Å². The minimum Gasteiger partial charge on any atom is -0.370 e. The van der Waals surface area contributed by atoms with E-state index in [9.17, 15) is 4.79 Å². The van der Waals surface area contributed by atoms with Gasteiger partial charge in [0.05, 0.1) is 19.3 Å². The van der Waals surface area contributed by atoms with Crippen LogP contribution in [0, 0.1) is 0 Å². The fraction of sp³-hybridized carbons (Fsp3) is 0.533. The largest absolute Gasteiger partial charge is 0.370 e. The molecule has 1 fully saturated rings. The van der Waals surface area contributed by atoms with Crippen LogP contribution in [0.5, 0.6) is 0 Å². The molecule has 0 bridgehead atoms. The summed E-state index contributed by atoms with van der Waals surface area (Å²) in [5.74, 6) is 0.0148. The van der Waals surface area contributed by atoms with Crippen molar-refractivity contribution in [3.63, 3.8) is 0 Å². The molecule has 1 aliphatic heterocycles. The Labute approximate surface area is 124 Å². The van der Waals surface area contributed by atoms with E-state index in [1.807, 2.05) is 38.1 Å². The molecule has 1 aromatic carbocycles. The van der Waals surface area contributed by atoms with Gasteiger partial charge in [0.2, 0.25) is 5.91 Å². The van der Waals surface area contributed by atoms with Gasteiger partial charge in [-0.1, -0.05) is 23.7 Å². The van der Waals surface area contributed by atoms with Gasteiger partial charge in [0, 0.05) is 11.6 Å². The van der Waals surface area contributed by atoms with Crippen molar-refractivity contribution in [1.82, 2.24) is 4.90 Å². The summed E-state index contributed by atoms with van der Waals surface area (Å²) < 4.78 is 11.1. The smallest absolute Gasteiger partial charge is 0.248 e. The molecular formula is C15H20ClNO3. The molecule has 0 unspecified atom stereocenters. The predicted octanol–water partition coefficient (Wildman–Crippen LogP) is 2.66. The molecule has 0 aromatic heterocycles. The zero-order valence-electron chi connectivity index (χ0n) is 11.8. The number of benzene rings is 1. The number of carbonyl (C=O) groups is 1. The molecule has 0 aliphatic carbocycles. The van der Waals surface area contributed by atoms with Crippen LogP contribution in [0.3, 0.4) is 0 Å². The van der Waals surface area contributed by atoms with Gasteiger partial charge in [-0.3, -0.25) is 4.79 Å². The van der Waals surface area contributed by atoms with Crippen LogP contribution < -0.4 is 0 Å². The summed E-state index contributed by atoms with van der Waals surface area (Å²) >= 11 is 5.88. The Hall–Kier alpha value is -1.10. The number of nitrogens with zero attached hydrogens (tertiary/aromatic N) is 1. The van der Waals surface area contributed by atoms with Crippen molar-refractivity contribution in [3.05, 3.63) is 34.9 Å². The average Bonchev–Trinajstić information content (AvgIpc) is 2.45. The number of halogens is 1. The van der Waals surface area contributed by atoms with Crippen molar-refractivity contribution >= 4 is 17.5 Å². The van der Waals surface area contributed by atoms with Crippen LogP contribution in [0.25, 0.3) is 0 Å². The van der Waals surface area contributed by atoms with E-state index < -0.39 is 0 Å². The maximum absolute atomic E-state index is 12.1. The number of ether oxygens (including phenoxy) is 2. The van der Waals surface area contributed by atoms with E-state index >= 15 is 0 Å². The SMILES string of the molecule is CC(C)OCC(=O)N1CCO[C@H](c2ccc(Cl)cc2)C1. The number of hydrogen-bond donors (Lipinski definition) is 0. The summed E-state index contributed by atoms with van der Waals surface area (Å²) in [6.45, 7) is 5.68.